The van der Waals surface area contributed by atoms with Gasteiger partial charge in [-0.2, -0.15) is 4.37 Å². The number of carboxylic acids is 1. The third kappa shape index (κ3) is 2.91. The van der Waals surface area contributed by atoms with Gasteiger partial charge in [-0.25, -0.2) is 9.78 Å². The van der Waals surface area contributed by atoms with E-state index in [0.717, 1.165) is 43.1 Å². The number of nitrogens with zero attached hydrogens (tertiary/aromatic N) is 3. The van der Waals surface area contributed by atoms with Gasteiger partial charge in [-0.1, -0.05) is 19.8 Å². The smallest absolute Gasteiger partial charge is 0.326 e. The van der Waals surface area contributed by atoms with E-state index in [9.17, 15) is 9.90 Å². The summed E-state index contributed by atoms with van der Waals surface area (Å²) in [4.78, 5) is 18.4. The monoisotopic (exact) mass is 309 g/mol. The molecule has 1 N–H and O–H groups in total. The van der Waals surface area contributed by atoms with Crippen LogP contribution in [0.4, 0.5) is 5.13 Å². The van der Waals surface area contributed by atoms with Crippen LogP contribution in [0.5, 0.6) is 0 Å². The number of hydrogen-bond acceptors (Lipinski definition) is 5. The third-order valence-electron chi connectivity index (χ3n) is 4.81. The normalized spacial score (nSPS) is 29.2. The highest BCUT2D eigenvalue weighted by molar-refractivity contribution is 7.09. The molecule has 1 saturated heterocycles. The number of anilines is 1. The van der Waals surface area contributed by atoms with Gasteiger partial charge in [0.1, 0.15) is 11.9 Å². The fraction of sp³-hybridized carbons (Fsp3) is 0.800. The van der Waals surface area contributed by atoms with Crippen LogP contribution in [-0.2, 0) is 11.2 Å². The van der Waals surface area contributed by atoms with Crippen LogP contribution >= 0.6 is 11.5 Å². The molecule has 0 radical (unpaired) electrons. The summed E-state index contributed by atoms with van der Waals surface area (Å²) < 4.78 is 4.41. The van der Waals surface area contributed by atoms with Crippen LogP contribution in [0.25, 0.3) is 0 Å². The van der Waals surface area contributed by atoms with Gasteiger partial charge in [-0.3, -0.25) is 0 Å². The maximum Gasteiger partial charge on any atom is 0.326 e. The first-order valence-electron chi connectivity index (χ1n) is 8.04. The summed E-state index contributed by atoms with van der Waals surface area (Å²) in [7, 11) is 0. The second-order valence-electron chi connectivity index (χ2n) is 6.19. The third-order valence-corrected chi connectivity index (χ3v) is 5.58. The Balaban J connectivity index is 1.89. The zero-order chi connectivity index (χ0) is 14.8. The van der Waals surface area contributed by atoms with Crippen molar-refractivity contribution in [1.29, 1.82) is 0 Å². The van der Waals surface area contributed by atoms with Crippen molar-refractivity contribution in [2.24, 2.45) is 5.92 Å². The molecule has 1 aliphatic heterocycles. The molecule has 21 heavy (non-hydrogen) atoms. The van der Waals surface area contributed by atoms with Gasteiger partial charge >= 0.3 is 5.97 Å². The van der Waals surface area contributed by atoms with Gasteiger partial charge in [0.2, 0.25) is 5.13 Å². The fourth-order valence-corrected chi connectivity index (χ4v) is 4.65. The van der Waals surface area contributed by atoms with E-state index in [1.54, 1.807) is 0 Å². The predicted molar refractivity (Wildman–Crippen MR) is 82.8 cm³/mol. The zero-order valence-electron chi connectivity index (χ0n) is 12.5. The van der Waals surface area contributed by atoms with E-state index in [0.29, 0.717) is 12.0 Å². The van der Waals surface area contributed by atoms with E-state index < -0.39 is 12.0 Å². The lowest BCUT2D eigenvalue weighted by Crippen LogP contribution is -2.55. The molecule has 0 aromatic carbocycles. The number of rotatable bonds is 4. The van der Waals surface area contributed by atoms with Crippen LogP contribution in [0.15, 0.2) is 0 Å². The molecular formula is C15H23N3O2S. The Morgan fingerprint density at radius 1 is 1.33 bits per heavy atom. The number of aryl methyl sites for hydroxylation is 1. The van der Waals surface area contributed by atoms with E-state index in [4.69, 9.17) is 0 Å². The highest BCUT2D eigenvalue weighted by atomic mass is 32.1. The van der Waals surface area contributed by atoms with Crippen molar-refractivity contribution in [2.75, 3.05) is 4.90 Å². The Hall–Kier alpha value is -1.17. The van der Waals surface area contributed by atoms with Gasteiger partial charge in [0.25, 0.3) is 0 Å². The first-order chi connectivity index (χ1) is 10.2. The molecule has 1 saturated carbocycles. The molecule has 1 aliphatic carbocycles. The first kappa shape index (κ1) is 14.8. The Morgan fingerprint density at radius 3 is 2.90 bits per heavy atom. The van der Waals surface area contributed by atoms with Gasteiger partial charge in [-0.05, 0) is 38.0 Å². The fourth-order valence-electron chi connectivity index (χ4n) is 3.83. The SMILES string of the molecule is CCCc1nsc(N2C(C(=O)O)CCC3CCCCC32)n1. The molecule has 3 unspecified atom stereocenters. The summed E-state index contributed by atoms with van der Waals surface area (Å²) in [5, 5.41) is 10.4. The summed E-state index contributed by atoms with van der Waals surface area (Å²) in [6, 6.07) is -0.0807. The number of aliphatic carboxylic acids is 1. The molecule has 6 heteroatoms. The number of aromatic nitrogens is 2. The number of carbonyl (C=O) groups is 1. The van der Waals surface area contributed by atoms with Gasteiger partial charge in [-0.15, -0.1) is 0 Å². The molecule has 1 aromatic rings. The summed E-state index contributed by atoms with van der Waals surface area (Å²) in [6.45, 7) is 2.11. The zero-order valence-corrected chi connectivity index (χ0v) is 13.3. The second kappa shape index (κ2) is 6.30. The van der Waals surface area contributed by atoms with Crippen molar-refractivity contribution in [3.63, 3.8) is 0 Å². The van der Waals surface area contributed by atoms with Crippen molar-refractivity contribution in [1.82, 2.24) is 9.36 Å². The maximum atomic E-state index is 11.7. The molecule has 2 heterocycles. The van der Waals surface area contributed by atoms with Crippen molar-refractivity contribution < 1.29 is 9.90 Å². The molecule has 0 bridgehead atoms. The van der Waals surface area contributed by atoms with Crippen LogP contribution in [0, 0.1) is 5.92 Å². The maximum absolute atomic E-state index is 11.7. The second-order valence-corrected chi connectivity index (χ2v) is 6.92. The van der Waals surface area contributed by atoms with E-state index in [1.807, 2.05) is 0 Å². The lowest BCUT2D eigenvalue weighted by Gasteiger charge is -2.46. The highest BCUT2D eigenvalue weighted by Crippen LogP contribution is 2.40. The van der Waals surface area contributed by atoms with Crippen LogP contribution in [0.2, 0.25) is 0 Å². The number of fused-ring (bicyclic) bond motifs is 1. The number of hydrogen-bond donors (Lipinski definition) is 1. The molecule has 0 amide bonds. The molecule has 1 aromatic heterocycles. The average Bonchev–Trinajstić information content (AvgIpc) is 2.94. The van der Waals surface area contributed by atoms with Crippen molar-refractivity contribution in [2.45, 2.75) is 70.4 Å². The predicted octanol–water partition coefficient (Wildman–Crippen LogP) is 3.10. The molecule has 0 spiro atoms. The topological polar surface area (TPSA) is 66.3 Å². The Bertz CT molecular complexity index is 505. The van der Waals surface area contributed by atoms with Gasteiger partial charge in [0.05, 0.1) is 0 Å². The quantitative estimate of drug-likeness (QED) is 0.925. The molecule has 3 rings (SSSR count). The standard InChI is InChI=1S/C15H23N3O2S/c1-2-5-13-16-15(21-17-13)18-11-7-4-3-6-10(11)8-9-12(18)14(19)20/h10-12H,2-9H2,1H3,(H,19,20). The molecule has 2 fully saturated rings. The largest absolute Gasteiger partial charge is 0.480 e. The van der Waals surface area contributed by atoms with Crippen LogP contribution in [-0.4, -0.2) is 32.5 Å². The van der Waals surface area contributed by atoms with Gasteiger partial charge < -0.3 is 10.0 Å². The van der Waals surface area contributed by atoms with Crippen molar-refractivity contribution in [3.05, 3.63) is 5.82 Å². The number of carboxylic acid groups (broad SMARTS) is 1. The molecule has 2 aliphatic rings. The van der Waals surface area contributed by atoms with E-state index in [1.165, 1.54) is 30.8 Å². The van der Waals surface area contributed by atoms with E-state index >= 15 is 0 Å². The minimum absolute atomic E-state index is 0.344. The molecule has 116 valence electrons. The van der Waals surface area contributed by atoms with Crippen LogP contribution < -0.4 is 4.90 Å². The minimum Gasteiger partial charge on any atom is -0.480 e. The summed E-state index contributed by atoms with van der Waals surface area (Å²) in [5.41, 5.74) is 0. The van der Waals surface area contributed by atoms with Gasteiger partial charge in [0.15, 0.2) is 0 Å². The minimum atomic E-state index is -0.716. The summed E-state index contributed by atoms with van der Waals surface area (Å²) in [5.74, 6) is 0.777. The lowest BCUT2D eigenvalue weighted by molar-refractivity contribution is -0.139. The highest BCUT2D eigenvalue weighted by Gasteiger charge is 2.42. The molecule has 5 nitrogen and oxygen atoms in total. The van der Waals surface area contributed by atoms with Crippen LogP contribution in [0.1, 0.15) is 57.7 Å². The van der Waals surface area contributed by atoms with Gasteiger partial charge in [0, 0.05) is 24.0 Å². The Morgan fingerprint density at radius 2 is 2.14 bits per heavy atom. The van der Waals surface area contributed by atoms with E-state index in [-0.39, 0.29) is 0 Å². The van der Waals surface area contributed by atoms with E-state index in [2.05, 4.69) is 21.2 Å². The molecular weight excluding hydrogens is 286 g/mol. The Kier molecular flexibility index (Phi) is 4.42. The summed E-state index contributed by atoms with van der Waals surface area (Å²) in [6.07, 6.45) is 8.47. The Labute approximate surface area is 129 Å². The molecule has 3 atom stereocenters. The summed E-state index contributed by atoms with van der Waals surface area (Å²) >= 11 is 1.37. The van der Waals surface area contributed by atoms with Crippen molar-refractivity contribution in [3.8, 4) is 0 Å². The first-order valence-corrected chi connectivity index (χ1v) is 8.81. The average molecular weight is 309 g/mol. The number of piperidine rings is 1. The van der Waals surface area contributed by atoms with Crippen LogP contribution in [0.3, 0.4) is 0 Å². The lowest BCUT2D eigenvalue weighted by atomic mass is 9.76. The van der Waals surface area contributed by atoms with Crippen molar-refractivity contribution >= 4 is 22.6 Å².